The van der Waals surface area contributed by atoms with Crippen molar-refractivity contribution in [1.82, 2.24) is 9.97 Å². The Bertz CT molecular complexity index is 1140. The summed E-state index contributed by atoms with van der Waals surface area (Å²) < 4.78 is 30.4. The molecule has 0 saturated heterocycles. The zero-order valence-electron chi connectivity index (χ0n) is 17.2. The molecule has 0 radical (unpaired) electrons. The Morgan fingerprint density at radius 1 is 0.879 bits per heavy atom. The van der Waals surface area contributed by atoms with Gasteiger partial charge in [0.1, 0.15) is 22.7 Å². The third-order valence-electron chi connectivity index (χ3n) is 3.76. The first kappa shape index (κ1) is 26.5. The number of aromatic nitrogens is 2. The highest BCUT2D eigenvalue weighted by molar-refractivity contribution is 9.08. The molecule has 0 bridgehead atoms. The van der Waals surface area contributed by atoms with Crippen molar-refractivity contribution >= 4 is 39.1 Å². The molecule has 1 N–H and O–H groups in total. The molecule has 4 rings (SSSR count). The van der Waals surface area contributed by atoms with Crippen LogP contribution in [0.5, 0.6) is 5.75 Å². The predicted octanol–water partition coefficient (Wildman–Crippen LogP) is 7.20. The molecule has 0 saturated carbocycles. The number of pyridine rings is 2. The van der Waals surface area contributed by atoms with Gasteiger partial charge in [-0.05, 0) is 11.1 Å². The average molecular weight is 556 g/mol. The van der Waals surface area contributed by atoms with Gasteiger partial charge in [-0.25, -0.2) is 4.98 Å². The number of nitrogens with one attached hydrogen (secondary N) is 1. The smallest absolute Gasteiger partial charge is 0.217 e. The summed E-state index contributed by atoms with van der Waals surface area (Å²) in [6, 6.07) is 24.5. The van der Waals surface area contributed by atoms with E-state index in [0.717, 1.165) is 23.0 Å². The second kappa shape index (κ2) is 14.4. The number of hydrogen-bond donors (Lipinski definition) is 1. The summed E-state index contributed by atoms with van der Waals surface area (Å²) in [5.41, 5.74) is 1.90. The van der Waals surface area contributed by atoms with Crippen molar-refractivity contribution in [1.29, 1.82) is 0 Å². The molecule has 0 aliphatic rings. The van der Waals surface area contributed by atoms with Gasteiger partial charge >= 0.3 is 0 Å². The first-order chi connectivity index (χ1) is 15.9. The number of benzene rings is 2. The van der Waals surface area contributed by atoms with E-state index < -0.39 is 17.3 Å². The molecule has 0 unspecified atom stereocenters. The summed E-state index contributed by atoms with van der Waals surface area (Å²) in [6.07, 6.45) is 0. The molecule has 4 aromatic rings. The van der Waals surface area contributed by atoms with Gasteiger partial charge in [0.2, 0.25) is 5.95 Å². The zero-order valence-corrected chi connectivity index (χ0v) is 20.2. The van der Waals surface area contributed by atoms with Crippen LogP contribution in [-0.4, -0.2) is 9.97 Å². The highest BCUT2D eigenvalue weighted by atomic mass is 79.9. The third kappa shape index (κ3) is 11.1. The molecule has 0 amide bonds. The van der Waals surface area contributed by atoms with Crippen LogP contribution >= 0.6 is 39.1 Å². The van der Waals surface area contributed by atoms with Crippen LogP contribution in [0.25, 0.3) is 0 Å². The average Bonchev–Trinajstić information content (AvgIpc) is 2.78. The maximum Gasteiger partial charge on any atom is 0.217 e. The van der Waals surface area contributed by atoms with Gasteiger partial charge < -0.3 is 9.72 Å². The maximum absolute atomic E-state index is 12.9. The number of nitrogens with zero attached hydrogens (tertiary/aromatic N) is 1. The van der Waals surface area contributed by atoms with E-state index in [1.54, 1.807) is 0 Å². The molecular formula is C24H19BrCl2F2N2O2. The molecule has 172 valence electrons. The number of hydrogen-bond acceptors (Lipinski definition) is 3. The summed E-state index contributed by atoms with van der Waals surface area (Å²) >= 11 is 14.2. The number of aromatic amines is 1. The van der Waals surface area contributed by atoms with Crippen molar-refractivity contribution in [2.24, 2.45) is 0 Å². The fraction of sp³-hybridized carbons (Fsp3) is 0.0833. The molecule has 2 aromatic heterocycles. The Balaban J connectivity index is 0.000000192. The predicted molar refractivity (Wildman–Crippen MR) is 131 cm³/mol. The summed E-state index contributed by atoms with van der Waals surface area (Å²) in [7, 11) is 0. The first-order valence-corrected chi connectivity index (χ1v) is 11.4. The van der Waals surface area contributed by atoms with Crippen molar-refractivity contribution in [2.45, 2.75) is 11.9 Å². The first-order valence-electron chi connectivity index (χ1n) is 9.51. The molecule has 4 nitrogen and oxygen atoms in total. The van der Waals surface area contributed by atoms with Gasteiger partial charge in [-0.1, -0.05) is 99.8 Å². The van der Waals surface area contributed by atoms with Crippen molar-refractivity contribution in [3.05, 3.63) is 128 Å². The Kier molecular flexibility index (Phi) is 11.6. The fourth-order valence-electron chi connectivity index (χ4n) is 2.31. The van der Waals surface area contributed by atoms with Crippen LogP contribution in [0, 0.1) is 11.9 Å². The van der Waals surface area contributed by atoms with E-state index >= 15 is 0 Å². The van der Waals surface area contributed by atoms with Gasteiger partial charge in [0, 0.05) is 29.6 Å². The van der Waals surface area contributed by atoms with Gasteiger partial charge in [-0.15, -0.1) is 0 Å². The number of halogens is 5. The van der Waals surface area contributed by atoms with E-state index in [1.807, 2.05) is 48.5 Å². The minimum absolute atomic E-state index is 0.0139. The molecule has 0 fully saturated rings. The third-order valence-corrected chi connectivity index (χ3v) is 4.80. The van der Waals surface area contributed by atoms with Crippen LogP contribution in [0.15, 0.2) is 89.7 Å². The lowest BCUT2D eigenvalue weighted by Gasteiger charge is -2.06. The Morgan fingerprint density at radius 2 is 1.48 bits per heavy atom. The Morgan fingerprint density at radius 3 is 1.97 bits per heavy atom. The zero-order chi connectivity index (χ0) is 24.1. The monoisotopic (exact) mass is 554 g/mol. The van der Waals surface area contributed by atoms with Crippen LogP contribution in [0.1, 0.15) is 11.1 Å². The van der Waals surface area contributed by atoms with Gasteiger partial charge in [-0.3, -0.25) is 4.79 Å². The van der Waals surface area contributed by atoms with Gasteiger partial charge in [-0.2, -0.15) is 8.78 Å². The Hall–Kier alpha value is -2.74. The molecule has 2 heterocycles. The summed E-state index contributed by atoms with van der Waals surface area (Å²) in [5.74, 6) is -0.982. The lowest BCUT2D eigenvalue weighted by molar-refractivity contribution is 0.303. The van der Waals surface area contributed by atoms with E-state index in [9.17, 15) is 13.6 Å². The molecule has 2 aromatic carbocycles. The maximum atomic E-state index is 12.9. The van der Waals surface area contributed by atoms with Crippen LogP contribution in [0.4, 0.5) is 8.78 Å². The molecule has 0 aliphatic carbocycles. The van der Waals surface area contributed by atoms with E-state index in [4.69, 9.17) is 27.9 Å². The number of rotatable bonds is 4. The van der Waals surface area contributed by atoms with Crippen molar-refractivity contribution < 1.29 is 13.5 Å². The minimum Gasteiger partial charge on any atom is -0.489 e. The second-order valence-corrected chi connectivity index (χ2v) is 7.71. The Labute approximate surface area is 208 Å². The van der Waals surface area contributed by atoms with E-state index in [2.05, 4.69) is 38.0 Å². The number of ether oxygens (including phenoxy) is 1. The highest BCUT2D eigenvalue weighted by Gasteiger charge is 2.01. The fourth-order valence-corrected chi connectivity index (χ4v) is 3.07. The van der Waals surface area contributed by atoms with Gasteiger partial charge in [0.15, 0.2) is 11.4 Å². The van der Waals surface area contributed by atoms with Gasteiger partial charge in [0.05, 0.1) is 0 Å². The summed E-state index contributed by atoms with van der Waals surface area (Å²) in [5, 5.41) is 1.05. The molecule has 9 heteroatoms. The minimum atomic E-state index is -0.715. The lowest BCUT2D eigenvalue weighted by atomic mass is 10.2. The van der Waals surface area contributed by atoms with Crippen molar-refractivity contribution in [2.75, 3.05) is 0 Å². The summed E-state index contributed by atoms with van der Waals surface area (Å²) in [4.78, 5) is 15.9. The van der Waals surface area contributed by atoms with Crippen LogP contribution in [0.2, 0.25) is 10.3 Å². The highest BCUT2D eigenvalue weighted by Crippen LogP contribution is 2.18. The van der Waals surface area contributed by atoms with Gasteiger partial charge in [0.25, 0.3) is 0 Å². The lowest BCUT2D eigenvalue weighted by Crippen LogP contribution is -1.99. The number of alkyl halides is 1. The summed E-state index contributed by atoms with van der Waals surface area (Å²) in [6.45, 7) is 0.376. The van der Waals surface area contributed by atoms with Crippen LogP contribution in [0.3, 0.4) is 0 Å². The topological polar surface area (TPSA) is 55.0 Å². The molecule has 33 heavy (non-hydrogen) atoms. The molecule has 0 aliphatic heterocycles. The largest absolute Gasteiger partial charge is 0.489 e. The molecule has 0 spiro atoms. The van der Waals surface area contributed by atoms with Crippen molar-refractivity contribution in [3.63, 3.8) is 0 Å². The quantitative estimate of drug-likeness (QED) is 0.214. The van der Waals surface area contributed by atoms with E-state index in [0.29, 0.717) is 12.4 Å². The normalized spacial score (nSPS) is 9.73. The molecular weight excluding hydrogens is 537 g/mol. The van der Waals surface area contributed by atoms with Crippen molar-refractivity contribution in [3.8, 4) is 5.75 Å². The number of H-pyrrole nitrogens is 1. The second-order valence-electron chi connectivity index (χ2n) is 6.35. The van der Waals surface area contributed by atoms with E-state index in [-0.39, 0.29) is 10.3 Å². The van der Waals surface area contributed by atoms with Crippen LogP contribution in [-0.2, 0) is 11.9 Å². The SMILES string of the molecule is BrCc1ccccc1.Fc1cc(OCc2ccccc2)cc(Cl)n1.O=c1cc(F)[nH]c(Cl)c1. The van der Waals surface area contributed by atoms with Crippen LogP contribution < -0.4 is 10.2 Å². The standard InChI is InChI=1S/C12H9ClFNO.C7H7Br.C5H3ClFNO/c13-11-6-10(7-12(14)15-11)16-8-9-4-2-1-3-5-9;8-6-7-4-2-1-3-5-7;6-4-1-3(9)2-5(7)8-4/h1-7H,8H2;1-5H,6H2;1-2H,(H,8,9). The molecule has 0 atom stereocenters. The van der Waals surface area contributed by atoms with E-state index in [1.165, 1.54) is 17.7 Å².